The largest absolute Gasteiger partial charge is 0.486 e. The Morgan fingerprint density at radius 2 is 2.00 bits per heavy atom. The molecule has 1 N–H and O–H groups in total. The van der Waals surface area contributed by atoms with E-state index in [2.05, 4.69) is 5.32 Å². The summed E-state index contributed by atoms with van der Waals surface area (Å²) in [4.78, 5) is 12.0. The lowest BCUT2D eigenvalue weighted by Gasteiger charge is -2.21. The van der Waals surface area contributed by atoms with Gasteiger partial charge in [-0.2, -0.15) is 0 Å². The molecule has 1 aliphatic rings. The molecule has 5 heteroatoms. The van der Waals surface area contributed by atoms with Crippen molar-refractivity contribution in [3.63, 3.8) is 0 Å². The number of carbonyl (C=O) groups is 1. The predicted molar refractivity (Wildman–Crippen MR) is 72.0 cm³/mol. The van der Waals surface area contributed by atoms with E-state index in [1.807, 2.05) is 25.1 Å². The zero-order chi connectivity index (χ0) is 13.9. The van der Waals surface area contributed by atoms with Gasteiger partial charge in [0, 0.05) is 0 Å². The van der Waals surface area contributed by atoms with Crippen molar-refractivity contribution in [3.05, 3.63) is 47.9 Å². The quantitative estimate of drug-likeness (QED) is 0.933. The molecule has 0 spiro atoms. The van der Waals surface area contributed by atoms with Gasteiger partial charge >= 0.3 is 0 Å². The standard InChI is InChI=1S/C15H15NO4/c1-10(16-15(17)12-4-5-18-9-12)11-2-3-13-14(8-11)20-7-6-19-13/h2-5,8-10H,6-7H2,1H3,(H,16,17)/t10-/m1/s1. The summed E-state index contributed by atoms with van der Waals surface area (Å²) in [5, 5.41) is 2.91. The van der Waals surface area contributed by atoms with Crippen LogP contribution in [0.5, 0.6) is 11.5 Å². The number of ether oxygens (including phenoxy) is 2. The number of benzene rings is 1. The van der Waals surface area contributed by atoms with Crippen LogP contribution in [0.2, 0.25) is 0 Å². The molecule has 0 radical (unpaired) electrons. The van der Waals surface area contributed by atoms with E-state index in [1.54, 1.807) is 6.07 Å². The number of nitrogens with one attached hydrogen (secondary N) is 1. The van der Waals surface area contributed by atoms with Gasteiger partial charge in [-0.25, -0.2) is 0 Å². The van der Waals surface area contributed by atoms with Gasteiger partial charge < -0.3 is 19.2 Å². The molecule has 0 bridgehead atoms. The lowest BCUT2D eigenvalue weighted by molar-refractivity contribution is 0.0939. The molecule has 1 atom stereocenters. The summed E-state index contributed by atoms with van der Waals surface area (Å²) in [6.45, 7) is 3.04. The third-order valence-corrected chi connectivity index (χ3v) is 3.20. The van der Waals surface area contributed by atoms with Gasteiger partial charge in [0.05, 0.1) is 17.9 Å². The van der Waals surface area contributed by atoms with Crippen LogP contribution >= 0.6 is 0 Å². The summed E-state index contributed by atoms with van der Waals surface area (Å²) >= 11 is 0. The van der Waals surface area contributed by atoms with E-state index >= 15 is 0 Å². The number of furan rings is 1. The summed E-state index contributed by atoms with van der Waals surface area (Å²) in [6, 6.07) is 7.19. The Bertz CT molecular complexity index is 606. The predicted octanol–water partition coefficient (Wildman–Crippen LogP) is 2.54. The lowest BCUT2D eigenvalue weighted by Crippen LogP contribution is -2.26. The highest BCUT2D eigenvalue weighted by Crippen LogP contribution is 2.32. The second kappa shape index (κ2) is 5.28. The molecular formula is C15H15NO4. The van der Waals surface area contributed by atoms with Crippen LogP contribution in [0.4, 0.5) is 0 Å². The van der Waals surface area contributed by atoms with Gasteiger partial charge in [0.25, 0.3) is 5.91 Å². The first-order chi connectivity index (χ1) is 9.74. The molecule has 1 amide bonds. The summed E-state index contributed by atoms with van der Waals surface area (Å²) in [5.74, 6) is 1.30. The second-order valence-electron chi connectivity index (χ2n) is 4.61. The zero-order valence-electron chi connectivity index (χ0n) is 11.1. The molecule has 0 fully saturated rings. The van der Waals surface area contributed by atoms with E-state index in [-0.39, 0.29) is 11.9 Å². The van der Waals surface area contributed by atoms with Crippen LogP contribution in [0.25, 0.3) is 0 Å². The maximum atomic E-state index is 12.0. The molecule has 104 valence electrons. The fourth-order valence-electron chi connectivity index (χ4n) is 2.09. The fraction of sp³-hybridized carbons (Fsp3) is 0.267. The van der Waals surface area contributed by atoms with Gasteiger partial charge in [-0.3, -0.25) is 4.79 Å². The van der Waals surface area contributed by atoms with Gasteiger partial charge in [0.2, 0.25) is 0 Å². The van der Waals surface area contributed by atoms with Crippen molar-refractivity contribution in [3.8, 4) is 11.5 Å². The minimum absolute atomic E-state index is 0.131. The zero-order valence-corrected chi connectivity index (χ0v) is 11.1. The Kier molecular flexibility index (Phi) is 3.33. The van der Waals surface area contributed by atoms with Crippen LogP contribution in [0.15, 0.2) is 41.2 Å². The first-order valence-corrected chi connectivity index (χ1v) is 6.46. The van der Waals surface area contributed by atoms with Crippen LogP contribution in [0.3, 0.4) is 0 Å². The molecular weight excluding hydrogens is 258 g/mol. The number of fused-ring (bicyclic) bond motifs is 1. The Balaban J connectivity index is 1.74. The summed E-state index contributed by atoms with van der Waals surface area (Å²) in [5.41, 5.74) is 1.47. The Hall–Kier alpha value is -2.43. The maximum absolute atomic E-state index is 12.0. The molecule has 2 heterocycles. The third kappa shape index (κ3) is 2.47. The molecule has 2 aromatic rings. The van der Waals surface area contributed by atoms with Crippen molar-refractivity contribution >= 4 is 5.91 Å². The van der Waals surface area contributed by atoms with Crippen molar-refractivity contribution in [2.24, 2.45) is 0 Å². The van der Waals surface area contributed by atoms with Crippen molar-refractivity contribution < 1.29 is 18.7 Å². The molecule has 0 aliphatic carbocycles. The number of hydrogen-bond donors (Lipinski definition) is 1. The molecule has 20 heavy (non-hydrogen) atoms. The lowest BCUT2D eigenvalue weighted by atomic mass is 10.1. The number of hydrogen-bond acceptors (Lipinski definition) is 4. The van der Waals surface area contributed by atoms with Crippen molar-refractivity contribution in [1.82, 2.24) is 5.32 Å². The molecule has 0 saturated heterocycles. The summed E-state index contributed by atoms with van der Waals surface area (Å²) in [6.07, 6.45) is 2.90. The maximum Gasteiger partial charge on any atom is 0.255 e. The minimum Gasteiger partial charge on any atom is -0.486 e. The van der Waals surface area contributed by atoms with Crippen LogP contribution in [0, 0.1) is 0 Å². The fourth-order valence-corrected chi connectivity index (χ4v) is 2.09. The van der Waals surface area contributed by atoms with Gasteiger partial charge in [-0.05, 0) is 30.7 Å². The summed E-state index contributed by atoms with van der Waals surface area (Å²) in [7, 11) is 0. The SMILES string of the molecule is C[C@@H](NC(=O)c1ccoc1)c1ccc2c(c1)OCCO2. The van der Waals surface area contributed by atoms with Gasteiger partial charge in [0.15, 0.2) is 11.5 Å². The molecule has 1 aliphatic heterocycles. The van der Waals surface area contributed by atoms with Gasteiger partial charge in [-0.1, -0.05) is 6.07 Å². The van der Waals surface area contributed by atoms with Crippen molar-refractivity contribution in [1.29, 1.82) is 0 Å². The molecule has 1 aromatic carbocycles. The highest BCUT2D eigenvalue weighted by atomic mass is 16.6. The Morgan fingerprint density at radius 1 is 1.20 bits per heavy atom. The number of carbonyl (C=O) groups excluding carboxylic acids is 1. The van der Waals surface area contributed by atoms with E-state index in [0.717, 1.165) is 17.1 Å². The molecule has 0 unspecified atom stereocenters. The minimum atomic E-state index is -0.166. The molecule has 3 rings (SSSR count). The second-order valence-corrected chi connectivity index (χ2v) is 4.61. The van der Waals surface area contributed by atoms with E-state index < -0.39 is 0 Å². The highest BCUT2D eigenvalue weighted by Gasteiger charge is 2.16. The van der Waals surface area contributed by atoms with Crippen LogP contribution in [-0.4, -0.2) is 19.1 Å². The summed E-state index contributed by atoms with van der Waals surface area (Å²) < 4.78 is 15.9. The highest BCUT2D eigenvalue weighted by molar-refractivity contribution is 5.94. The molecule has 1 aromatic heterocycles. The molecule has 5 nitrogen and oxygen atoms in total. The van der Waals surface area contributed by atoms with E-state index in [4.69, 9.17) is 13.9 Å². The van der Waals surface area contributed by atoms with Crippen LogP contribution in [0.1, 0.15) is 28.9 Å². The van der Waals surface area contributed by atoms with Gasteiger partial charge in [-0.15, -0.1) is 0 Å². The van der Waals surface area contributed by atoms with Gasteiger partial charge in [0.1, 0.15) is 19.5 Å². The third-order valence-electron chi connectivity index (χ3n) is 3.20. The molecule has 0 saturated carbocycles. The van der Waals surface area contributed by atoms with E-state index in [9.17, 15) is 4.79 Å². The van der Waals surface area contributed by atoms with Crippen molar-refractivity contribution in [2.45, 2.75) is 13.0 Å². The number of rotatable bonds is 3. The van der Waals surface area contributed by atoms with Crippen molar-refractivity contribution in [2.75, 3.05) is 13.2 Å². The smallest absolute Gasteiger partial charge is 0.255 e. The first-order valence-electron chi connectivity index (χ1n) is 6.46. The van der Waals surface area contributed by atoms with E-state index in [1.165, 1.54) is 12.5 Å². The normalized spacial score (nSPS) is 14.7. The number of amides is 1. The monoisotopic (exact) mass is 273 g/mol. The Labute approximate surface area is 116 Å². The topological polar surface area (TPSA) is 60.7 Å². The average Bonchev–Trinajstić information content (AvgIpc) is 3.01. The van der Waals surface area contributed by atoms with E-state index in [0.29, 0.717) is 18.8 Å². The van der Waals surface area contributed by atoms with Crippen LogP contribution in [-0.2, 0) is 0 Å². The Morgan fingerprint density at radius 3 is 2.75 bits per heavy atom. The van der Waals surface area contributed by atoms with Crippen LogP contribution < -0.4 is 14.8 Å². The first kappa shape index (κ1) is 12.6. The average molecular weight is 273 g/mol.